The van der Waals surface area contributed by atoms with Gasteiger partial charge in [-0.3, -0.25) is 9.59 Å². The summed E-state index contributed by atoms with van der Waals surface area (Å²) in [7, 11) is 0. The van der Waals surface area contributed by atoms with Gasteiger partial charge in [-0.25, -0.2) is 8.78 Å². The molecule has 0 aromatic heterocycles. The molecule has 1 saturated heterocycles. The van der Waals surface area contributed by atoms with Crippen LogP contribution in [-0.4, -0.2) is 36.3 Å². The summed E-state index contributed by atoms with van der Waals surface area (Å²) in [6, 6.07) is 8.17. The van der Waals surface area contributed by atoms with Crippen molar-refractivity contribution in [2.45, 2.75) is 26.7 Å². The molecule has 0 spiro atoms. The van der Waals surface area contributed by atoms with Gasteiger partial charge < -0.3 is 15.5 Å². The van der Waals surface area contributed by atoms with Gasteiger partial charge in [0.25, 0.3) is 5.91 Å². The molecule has 154 valence electrons. The van der Waals surface area contributed by atoms with Gasteiger partial charge in [0.15, 0.2) is 0 Å². The molecule has 2 aromatic rings. The molecule has 1 atom stereocenters. The minimum absolute atomic E-state index is 0.0190. The maximum absolute atomic E-state index is 13.6. The minimum atomic E-state index is -0.703. The molecule has 1 aliphatic heterocycles. The van der Waals surface area contributed by atoms with E-state index >= 15 is 0 Å². The number of nitrogens with one attached hydrogen (secondary N) is 2. The van der Waals surface area contributed by atoms with E-state index in [0.717, 1.165) is 49.7 Å². The van der Waals surface area contributed by atoms with Crippen molar-refractivity contribution in [2.24, 2.45) is 5.92 Å². The zero-order valence-electron chi connectivity index (χ0n) is 16.6. The summed E-state index contributed by atoms with van der Waals surface area (Å²) in [5.41, 5.74) is 1.94. The molecule has 29 heavy (non-hydrogen) atoms. The lowest BCUT2D eigenvalue weighted by molar-refractivity contribution is -0.114. The third-order valence-electron chi connectivity index (χ3n) is 5.06. The number of nitrogens with zero attached hydrogens (tertiary/aromatic N) is 1. The molecule has 0 radical (unpaired) electrons. The van der Waals surface area contributed by atoms with Gasteiger partial charge in [0.2, 0.25) is 5.91 Å². The first-order valence-electron chi connectivity index (χ1n) is 9.72. The number of anilines is 2. The fourth-order valence-corrected chi connectivity index (χ4v) is 3.51. The molecule has 2 amide bonds. The van der Waals surface area contributed by atoms with Crippen molar-refractivity contribution < 1.29 is 18.4 Å². The number of hydrogen-bond donors (Lipinski definition) is 2. The Kier molecular flexibility index (Phi) is 6.46. The fraction of sp³-hybridized carbons (Fsp3) is 0.364. The zero-order chi connectivity index (χ0) is 21.0. The van der Waals surface area contributed by atoms with E-state index in [0.29, 0.717) is 17.2 Å². The van der Waals surface area contributed by atoms with Crippen molar-refractivity contribution in [1.82, 2.24) is 4.90 Å². The predicted molar refractivity (Wildman–Crippen MR) is 109 cm³/mol. The van der Waals surface area contributed by atoms with Crippen molar-refractivity contribution in [3.8, 4) is 0 Å². The van der Waals surface area contributed by atoms with E-state index in [-0.39, 0.29) is 18.1 Å². The number of carbonyl (C=O) groups excluding carboxylic acids is 2. The van der Waals surface area contributed by atoms with Gasteiger partial charge in [-0.15, -0.1) is 0 Å². The number of amides is 2. The van der Waals surface area contributed by atoms with Crippen molar-refractivity contribution in [1.29, 1.82) is 0 Å². The fourth-order valence-electron chi connectivity index (χ4n) is 3.51. The zero-order valence-corrected chi connectivity index (χ0v) is 16.6. The van der Waals surface area contributed by atoms with Crippen LogP contribution >= 0.6 is 0 Å². The number of aryl methyl sites for hydroxylation is 1. The van der Waals surface area contributed by atoms with Gasteiger partial charge >= 0.3 is 0 Å². The first-order valence-corrected chi connectivity index (χ1v) is 9.72. The van der Waals surface area contributed by atoms with Gasteiger partial charge in [-0.1, -0.05) is 6.92 Å². The Bertz CT molecular complexity index is 917. The third-order valence-corrected chi connectivity index (χ3v) is 5.06. The third kappa shape index (κ3) is 5.31. The lowest BCUT2D eigenvalue weighted by Crippen LogP contribution is -2.39. The second-order valence-corrected chi connectivity index (χ2v) is 7.55. The minimum Gasteiger partial charge on any atom is -0.376 e. The SMILES string of the molecule is Cc1cc(C(=O)N2CCCC(C)C2)ccc1NCC(=O)Nc1cc(F)ccc1F. The Morgan fingerprint density at radius 3 is 2.66 bits per heavy atom. The van der Waals surface area contributed by atoms with Crippen molar-refractivity contribution in [3.63, 3.8) is 0 Å². The van der Waals surface area contributed by atoms with Crippen LogP contribution in [0.5, 0.6) is 0 Å². The Morgan fingerprint density at radius 2 is 1.93 bits per heavy atom. The Labute approximate surface area is 169 Å². The van der Waals surface area contributed by atoms with Crippen LogP contribution in [0.2, 0.25) is 0 Å². The van der Waals surface area contributed by atoms with E-state index in [9.17, 15) is 18.4 Å². The second-order valence-electron chi connectivity index (χ2n) is 7.55. The summed E-state index contributed by atoms with van der Waals surface area (Å²) in [6.45, 7) is 5.43. The van der Waals surface area contributed by atoms with E-state index in [1.807, 2.05) is 11.8 Å². The van der Waals surface area contributed by atoms with Gasteiger partial charge in [0.1, 0.15) is 11.6 Å². The van der Waals surface area contributed by atoms with E-state index in [4.69, 9.17) is 0 Å². The number of hydrogen-bond acceptors (Lipinski definition) is 3. The Morgan fingerprint density at radius 1 is 1.14 bits per heavy atom. The first kappa shape index (κ1) is 20.8. The molecule has 1 heterocycles. The summed E-state index contributed by atoms with van der Waals surface area (Å²) in [5, 5.41) is 5.31. The van der Waals surface area contributed by atoms with Gasteiger partial charge in [0.05, 0.1) is 12.2 Å². The molecular formula is C22H25F2N3O2. The van der Waals surface area contributed by atoms with Crippen molar-refractivity contribution in [3.05, 3.63) is 59.2 Å². The van der Waals surface area contributed by atoms with E-state index in [1.54, 1.807) is 18.2 Å². The summed E-state index contributed by atoms with van der Waals surface area (Å²) < 4.78 is 26.8. The smallest absolute Gasteiger partial charge is 0.253 e. The van der Waals surface area contributed by atoms with Crippen LogP contribution in [0.15, 0.2) is 36.4 Å². The van der Waals surface area contributed by atoms with E-state index in [2.05, 4.69) is 17.6 Å². The average molecular weight is 401 g/mol. The summed E-state index contributed by atoms with van der Waals surface area (Å²) in [4.78, 5) is 26.6. The number of carbonyl (C=O) groups is 2. The molecule has 3 rings (SSSR count). The molecule has 2 N–H and O–H groups in total. The van der Waals surface area contributed by atoms with Gasteiger partial charge in [-0.05, 0) is 61.6 Å². The highest BCUT2D eigenvalue weighted by atomic mass is 19.1. The van der Waals surface area contributed by atoms with Crippen LogP contribution in [0.3, 0.4) is 0 Å². The standard InChI is InChI=1S/C22H25F2N3O2/c1-14-4-3-9-27(13-14)22(29)16-5-8-19(15(2)10-16)25-12-21(28)26-20-11-17(23)6-7-18(20)24/h5-8,10-11,14,25H,3-4,9,12-13H2,1-2H3,(H,26,28). The molecule has 0 saturated carbocycles. The normalized spacial score (nSPS) is 16.4. The molecule has 1 aliphatic rings. The van der Waals surface area contributed by atoms with Crippen molar-refractivity contribution in [2.75, 3.05) is 30.3 Å². The summed E-state index contributed by atoms with van der Waals surface area (Å²) >= 11 is 0. The van der Waals surface area contributed by atoms with Gasteiger partial charge in [0, 0.05) is 30.4 Å². The number of piperidine rings is 1. The topological polar surface area (TPSA) is 61.4 Å². The molecule has 7 heteroatoms. The highest BCUT2D eigenvalue weighted by molar-refractivity contribution is 5.96. The number of rotatable bonds is 5. The quantitative estimate of drug-likeness (QED) is 0.790. The molecule has 2 aromatic carbocycles. The van der Waals surface area contributed by atoms with Crippen LogP contribution in [0, 0.1) is 24.5 Å². The molecule has 0 aliphatic carbocycles. The maximum atomic E-state index is 13.6. The summed E-state index contributed by atoms with van der Waals surface area (Å²) in [6.07, 6.45) is 2.17. The van der Waals surface area contributed by atoms with Crippen molar-refractivity contribution >= 4 is 23.2 Å². The average Bonchev–Trinajstić information content (AvgIpc) is 2.69. The molecule has 0 bridgehead atoms. The Hall–Kier alpha value is -2.96. The lowest BCUT2D eigenvalue weighted by atomic mass is 9.99. The molecule has 1 unspecified atom stereocenters. The molecule has 1 fully saturated rings. The van der Waals surface area contributed by atoms with Crippen LogP contribution < -0.4 is 10.6 Å². The largest absolute Gasteiger partial charge is 0.376 e. The highest BCUT2D eigenvalue weighted by Gasteiger charge is 2.22. The monoisotopic (exact) mass is 401 g/mol. The van der Waals surface area contributed by atoms with E-state index < -0.39 is 17.5 Å². The molecule has 5 nitrogen and oxygen atoms in total. The van der Waals surface area contributed by atoms with Crippen LogP contribution in [0.25, 0.3) is 0 Å². The predicted octanol–water partition coefficient (Wildman–Crippen LogP) is 4.20. The van der Waals surface area contributed by atoms with Crippen LogP contribution in [0.4, 0.5) is 20.2 Å². The second kappa shape index (κ2) is 9.03. The first-order chi connectivity index (χ1) is 13.8. The maximum Gasteiger partial charge on any atom is 0.253 e. The number of halogens is 2. The highest BCUT2D eigenvalue weighted by Crippen LogP contribution is 2.21. The summed E-state index contributed by atoms with van der Waals surface area (Å²) in [5.74, 6) is -1.31. The number of benzene rings is 2. The lowest BCUT2D eigenvalue weighted by Gasteiger charge is -2.31. The molecular weight excluding hydrogens is 376 g/mol. The Balaban J connectivity index is 1.59. The van der Waals surface area contributed by atoms with Crippen LogP contribution in [-0.2, 0) is 4.79 Å². The number of likely N-dealkylation sites (tertiary alicyclic amines) is 1. The van der Waals surface area contributed by atoms with E-state index in [1.165, 1.54) is 0 Å². The van der Waals surface area contributed by atoms with Crippen LogP contribution in [0.1, 0.15) is 35.7 Å². The van der Waals surface area contributed by atoms with Gasteiger partial charge in [-0.2, -0.15) is 0 Å².